The third-order valence-electron chi connectivity index (χ3n) is 3.02. The molecule has 1 unspecified atom stereocenters. The molecule has 0 aliphatic carbocycles. The Bertz CT molecular complexity index is 529. The summed E-state index contributed by atoms with van der Waals surface area (Å²) in [6.07, 6.45) is 0.582. The molecule has 0 aliphatic rings. The van der Waals surface area contributed by atoms with Gasteiger partial charge in [0.1, 0.15) is 17.3 Å². The van der Waals surface area contributed by atoms with Crippen molar-refractivity contribution in [1.29, 1.82) is 0 Å². The number of ketones is 1. The van der Waals surface area contributed by atoms with Crippen LogP contribution in [0.3, 0.4) is 0 Å². The first-order valence-electron chi connectivity index (χ1n) is 6.47. The molecule has 0 aromatic heterocycles. The maximum atomic E-state index is 11.1. The molecular weight excluding hydrogens is 236 g/mol. The van der Waals surface area contributed by atoms with Crippen molar-refractivity contribution in [3.05, 3.63) is 60.2 Å². The summed E-state index contributed by atoms with van der Waals surface area (Å²) in [5, 5.41) is 0. The van der Waals surface area contributed by atoms with Crippen molar-refractivity contribution in [2.45, 2.75) is 26.2 Å². The molecule has 0 heterocycles. The highest BCUT2D eigenvalue weighted by atomic mass is 16.5. The zero-order chi connectivity index (χ0) is 13.7. The van der Waals surface area contributed by atoms with E-state index in [1.54, 1.807) is 6.92 Å². The Balaban J connectivity index is 2.04. The summed E-state index contributed by atoms with van der Waals surface area (Å²) in [7, 11) is 0. The van der Waals surface area contributed by atoms with Gasteiger partial charge in [0.05, 0.1) is 0 Å². The second-order valence-corrected chi connectivity index (χ2v) is 4.79. The second-order valence-electron chi connectivity index (χ2n) is 4.79. The highest BCUT2D eigenvalue weighted by Crippen LogP contribution is 2.25. The molecule has 2 aromatic carbocycles. The van der Waals surface area contributed by atoms with Gasteiger partial charge in [-0.05, 0) is 42.7 Å². The predicted octanol–water partition coefficient (Wildman–Crippen LogP) is 4.56. The third-order valence-corrected chi connectivity index (χ3v) is 3.02. The summed E-state index contributed by atoms with van der Waals surface area (Å²) < 4.78 is 5.73. The molecule has 2 nitrogen and oxygen atoms in total. The normalized spacial score (nSPS) is 11.9. The van der Waals surface area contributed by atoms with Gasteiger partial charge in [0.25, 0.3) is 0 Å². The molecule has 98 valence electrons. The van der Waals surface area contributed by atoms with Crippen molar-refractivity contribution in [1.82, 2.24) is 0 Å². The number of para-hydroxylation sites is 1. The number of carbonyl (C=O) groups is 1. The molecule has 0 radical (unpaired) electrons. The maximum absolute atomic E-state index is 11.1. The van der Waals surface area contributed by atoms with Crippen LogP contribution in [-0.2, 0) is 4.79 Å². The second kappa shape index (κ2) is 6.19. The molecule has 1 atom stereocenters. The summed E-state index contributed by atoms with van der Waals surface area (Å²) in [5.74, 6) is 2.11. The van der Waals surface area contributed by atoms with Crippen LogP contribution in [0.25, 0.3) is 0 Å². The minimum Gasteiger partial charge on any atom is -0.457 e. The van der Waals surface area contributed by atoms with Crippen molar-refractivity contribution in [3.8, 4) is 11.5 Å². The Kier molecular flexibility index (Phi) is 4.35. The molecule has 0 saturated carbocycles. The zero-order valence-electron chi connectivity index (χ0n) is 11.3. The molecule has 2 heteroatoms. The molecule has 0 spiro atoms. The summed E-state index contributed by atoms with van der Waals surface area (Å²) in [5.41, 5.74) is 1.16. The molecular formula is C17H18O2. The summed E-state index contributed by atoms with van der Waals surface area (Å²) in [6.45, 7) is 3.69. The van der Waals surface area contributed by atoms with Gasteiger partial charge in [0, 0.05) is 6.42 Å². The topological polar surface area (TPSA) is 26.3 Å². The number of rotatable bonds is 5. The van der Waals surface area contributed by atoms with Crippen LogP contribution in [-0.4, -0.2) is 5.78 Å². The first-order chi connectivity index (χ1) is 9.15. The van der Waals surface area contributed by atoms with Crippen molar-refractivity contribution in [2.24, 2.45) is 0 Å². The number of benzene rings is 2. The van der Waals surface area contributed by atoms with Gasteiger partial charge in [0.15, 0.2) is 0 Å². The number of hydrogen-bond donors (Lipinski definition) is 0. The lowest BCUT2D eigenvalue weighted by Crippen LogP contribution is -2.00. The van der Waals surface area contributed by atoms with E-state index in [-0.39, 0.29) is 11.7 Å². The highest BCUT2D eigenvalue weighted by Gasteiger charge is 2.08. The summed E-state index contributed by atoms with van der Waals surface area (Å²) in [6, 6.07) is 17.6. The van der Waals surface area contributed by atoms with Gasteiger partial charge in [0.2, 0.25) is 0 Å². The van der Waals surface area contributed by atoms with E-state index in [0.717, 1.165) is 17.1 Å². The Labute approximate surface area is 114 Å². The van der Waals surface area contributed by atoms with Gasteiger partial charge in [-0.3, -0.25) is 0 Å². The van der Waals surface area contributed by atoms with Gasteiger partial charge in [-0.1, -0.05) is 37.3 Å². The third kappa shape index (κ3) is 3.95. The standard InChI is InChI=1S/C17H18O2/c1-13(12-14(2)18)15-8-10-17(11-9-15)19-16-6-4-3-5-7-16/h3-11,13H,12H2,1-2H3. The molecule has 0 fully saturated rings. The van der Waals surface area contributed by atoms with E-state index in [4.69, 9.17) is 4.74 Å². The van der Waals surface area contributed by atoms with Crippen molar-refractivity contribution >= 4 is 5.78 Å². The van der Waals surface area contributed by atoms with Crippen molar-refractivity contribution < 1.29 is 9.53 Å². The number of ether oxygens (including phenoxy) is 1. The fraction of sp³-hybridized carbons (Fsp3) is 0.235. The quantitative estimate of drug-likeness (QED) is 0.781. The van der Waals surface area contributed by atoms with E-state index in [2.05, 4.69) is 6.92 Å². The average Bonchev–Trinajstić information content (AvgIpc) is 2.40. The van der Waals surface area contributed by atoms with E-state index in [1.807, 2.05) is 54.6 Å². The SMILES string of the molecule is CC(=O)CC(C)c1ccc(Oc2ccccc2)cc1. The van der Waals surface area contributed by atoms with E-state index < -0.39 is 0 Å². The number of Topliss-reactive ketones (excluding diaryl/α,β-unsaturated/α-hetero) is 1. The lowest BCUT2D eigenvalue weighted by molar-refractivity contribution is -0.117. The van der Waals surface area contributed by atoms with Crippen LogP contribution in [0.1, 0.15) is 31.7 Å². The molecule has 2 rings (SSSR count). The van der Waals surface area contributed by atoms with Crippen molar-refractivity contribution in [2.75, 3.05) is 0 Å². The highest BCUT2D eigenvalue weighted by molar-refractivity contribution is 5.76. The molecule has 0 aliphatic heterocycles. The number of hydrogen-bond acceptors (Lipinski definition) is 2. The van der Waals surface area contributed by atoms with Gasteiger partial charge in [-0.15, -0.1) is 0 Å². The lowest BCUT2D eigenvalue weighted by atomic mass is 9.96. The van der Waals surface area contributed by atoms with Gasteiger partial charge >= 0.3 is 0 Å². The molecule has 0 amide bonds. The van der Waals surface area contributed by atoms with Gasteiger partial charge < -0.3 is 9.53 Å². The van der Waals surface area contributed by atoms with Crippen LogP contribution >= 0.6 is 0 Å². The smallest absolute Gasteiger partial charge is 0.130 e. The average molecular weight is 254 g/mol. The minimum atomic E-state index is 0.220. The zero-order valence-corrected chi connectivity index (χ0v) is 11.3. The van der Waals surface area contributed by atoms with Crippen LogP contribution in [0.5, 0.6) is 11.5 Å². The molecule has 0 saturated heterocycles. The Morgan fingerprint density at radius 3 is 2.16 bits per heavy atom. The van der Waals surface area contributed by atoms with E-state index >= 15 is 0 Å². The van der Waals surface area contributed by atoms with E-state index in [0.29, 0.717) is 6.42 Å². The van der Waals surface area contributed by atoms with Gasteiger partial charge in [-0.25, -0.2) is 0 Å². The maximum Gasteiger partial charge on any atom is 0.130 e. The van der Waals surface area contributed by atoms with Crippen LogP contribution in [0.15, 0.2) is 54.6 Å². The minimum absolute atomic E-state index is 0.220. The largest absolute Gasteiger partial charge is 0.457 e. The van der Waals surface area contributed by atoms with Crippen LogP contribution < -0.4 is 4.74 Å². The summed E-state index contributed by atoms with van der Waals surface area (Å²) >= 11 is 0. The summed E-state index contributed by atoms with van der Waals surface area (Å²) in [4.78, 5) is 11.1. The van der Waals surface area contributed by atoms with Crippen LogP contribution in [0, 0.1) is 0 Å². The Morgan fingerprint density at radius 1 is 1.00 bits per heavy atom. The molecule has 19 heavy (non-hydrogen) atoms. The van der Waals surface area contributed by atoms with Gasteiger partial charge in [-0.2, -0.15) is 0 Å². The molecule has 2 aromatic rings. The molecule has 0 N–H and O–H groups in total. The van der Waals surface area contributed by atoms with E-state index in [1.165, 1.54) is 0 Å². The Hall–Kier alpha value is -2.09. The first-order valence-corrected chi connectivity index (χ1v) is 6.47. The monoisotopic (exact) mass is 254 g/mol. The van der Waals surface area contributed by atoms with Crippen LogP contribution in [0.2, 0.25) is 0 Å². The fourth-order valence-electron chi connectivity index (χ4n) is 2.04. The predicted molar refractivity (Wildman–Crippen MR) is 76.7 cm³/mol. The van der Waals surface area contributed by atoms with E-state index in [9.17, 15) is 4.79 Å². The molecule has 0 bridgehead atoms. The fourth-order valence-corrected chi connectivity index (χ4v) is 2.04. The van der Waals surface area contributed by atoms with Crippen molar-refractivity contribution in [3.63, 3.8) is 0 Å². The van der Waals surface area contributed by atoms with Crippen LogP contribution in [0.4, 0.5) is 0 Å². The Morgan fingerprint density at radius 2 is 1.58 bits per heavy atom. The first kappa shape index (κ1) is 13.3. The lowest BCUT2D eigenvalue weighted by Gasteiger charge is -2.11. The number of carbonyl (C=O) groups excluding carboxylic acids is 1.